The molecule has 3 saturated heterocycles. The van der Waals surface area contributed by atoms with Crippen LogP contribution in [0.15, 0.2) is 30.3 Å². The molecule has 2 N–H and O–H groups in total. The molecule has 2 atom stereocenters. The van der Waals surface area contributed by atoms with Gasteiger partial charge in [-0.05, 0) is 49.9 Å². The van der Waals surface area contributed by atoms with E-state index in [9.17, 15) is 34.4 Å². The average Bonchev–Trinajstić information content (AvgIpc) is 2.89. The number of piperazine rings is 1. The Morgan fingerprint density at radius 3 is 2.42 bits per heavy atom. The largest absolute Gasteiger partial charge is 0.480 e. The molecule has 12 heteroatoms. The number of imide groups is 1. The third-order valence-electron chi connectivity index (χ3n) is 7.08. The summed E-state index contributed by atoms with van der Waals surface area (Å²) < 4.78 is 0. The molecule has 0 aliphatic carbocycles. The van der Waals surface area contributed by atoms with Crippen LogP contribution >= 0.6 is 0 Å². The molecule has 0 aromatic heterocycles. The van der Waals surface area contributed by atoms with E-state index in [1.807, 2.05) is 0 Å². The second kappa shape index (κ2) is 10.9. The monoisotopic (exact) mass is 499 g/mol. The van der Waals surface area contributed by atoms with Gasteiger partial charge in [-0.15, -0.1) is 0 Å². The number of non-ortho nitro benzene ring substituents is 1. The number of hydrogen-bond donors (Lipinski definition) is 2. The van der Waals surface area contributed by atoms with Crippen LogP contribution in [0.3, 0.4) is 0 Å². The highest BCUT2D eigenvalue weighted by atomic mass is 16.6. The Kier molecular flexibility index (Phi) is 7.63. The number of carboxylic acid groups (broad SMARTS) is 1. The molecule has 12 nitrogen and oxygen atoms in total. The van der Waals surface area contributed by atoms with E-state index in [-0.39, 0.29) is 43.7 Å². The van der Waals surface area contributed by atoms with Crippen LogP contribution in [0.4, 0.5) is 10.5 Å². The van der Waals surface area contributed by atoms with E-state index in [1.165, 1.54) is 40.2 Å². The number of β-lactam (4-membered cyclic amide) rings is 1. The van der Waals surface area contributed by atoms with Crippen molar-refractivity contribution in [3.8, 4) is 0 Å². The number of piperidine rings is 1. The first-order valence-corrected chi connectivity index (χ1v) is 12.0. The SMILES string of the molecule is O=C(O)[C@@H]1[C@@H](CC2CCNCC2)C(=O)N1C(=O)N1CCN(C(=O)C=Cc2cccc([N+](=O)[O-])c2)CC1. The van der Waals surface area contributed by atoms with Crippen molar-refractivity contribution in [2.45, 2.75) is 25.3 Å². The number of carbonyl (C=O) groups excluding carboxylic acids is 3. The highest BCUT2D eigenvalue weighted by Crippen LogP contribution is 2.35. The quantitative estimate of drug-likeness (QED) is 0.256. The third-order valence-corrected chi connectivity index (χ3v) is 7.08. The lowest BCUT2D eigenvalue weighted by Crippen LogP contribution is -2.69. The Morgan fingerprint density at radius 2 is 1.78 bits per heavy atom. The van der Waals surface area contributed by atoms with Gasteiger partial charge in [0.05, 0.1) is 10.8 Å². The molecule has 3 aliphatic heterocycles. The molecule has 3 aliphatic rings. The normalized spacial score (nSPS) is 23.0. The van der Waals surface area contributed by atoms with Crippen molar-refractivity contribution < 1.29 is 29.2 Å². The molecule has 1 aromatic carbocycles. The van der Waals surface area contributed by atoms with Crippen LogP contribution in [-0.2, 0) is 14.4 Å². The molecule has 0 unspecified atom stereocenters. The maximum absolute atomic E-state index is 13.0. The van der Waals surface area contributed by atoms with E-state index in [2.05, 4.69) is 5.32 Å². The summed E-state index contributed by atoms with van der Waals surface area (Å²) in [5, 5.41) is 23.9. The number of carbonyl (C=O) groups is 4. The summed E-state index contributed by atoms with van der Waals surface area (Å²) in [7, 11) is 0. The zero-order valence-corrected chi connectivity index (χ0v) is 19.7. The zero-order chi connectivity index (χ0) is 25.8. The van der Waals surface area contributed by atoms with Crippen LogP contribution in [0, 0.1) is 22.0 Å². The van der Waals surface area contributed by atoms with Gasteiger partial charge in [0, 0.05) is 44.4 Å². The summed E-state index contributed by atoms with van der Waals surface area (Å²) in [6, 6.07) is 4.12. The van der Waals surface area contributed by atoms with Gasteiger partial charge < -0.3 is 20.2 Å². The molecule has 0 spiro atoms. The fourth-order valence-corrected chi connectivity index (χ4v) is 5.04. The first-order valence-electron chi connectivity index (χ1n) is 12.0. The number of nitro groups is 1. The summed E-state index contributed by atoms with van der Waals surface area (Å²) in [6.07, 6.45) is 5.05. The van der Waals surface area contributed by atoms with Crippen LogP contribution in [-0.4, -0.2) is 93.9 Å². The summed E-state index contributed by atoms with van der Waals surface area (Å²) in [5.41, 5.74) is 0.441. The molecular formula is C24H29N5O7. The predicted octanol–water partition coefficient (Wildman–Crippen LogP) is 1.17. The van der Waals surface area contributed by atoms with E-state index < -0.39 is 34.8 Å². The van der Waals surface area contributed by atoms with Crippen LogP contribution < -0.4 is 5.32 Å². The lowest BCUT2D eigenvalue weighted by Gasteiger charge is -2.47. The fourth-order valence-electron chi connectivity index (χ4n) is 5.04. The van der Waals surface area contributed by atoms with Crippen LogP contribution in [0.2, 0.25) is 0 Å². The number of benzene rings is 1. The maximum atomic E-state index is 13.0. The first-order chi connectivity index (χ1) is 17.3. The molecule has 36 heavy (non-hydrogen) atoms. The zero-order valence-electron chi connectivity index (χ0n) is 19.7. The van der Waals surface area contributed by atoms with Gasteiger partial charge >= 0.3 is 12.0 Å². The minimum atomic E-state index is -1.18. The van der Waals surface area contributed by atoms with Crippen molar-refractivity contribution in [3.63, 3.8) is 0 Å². The van der Waals surface area contributed by atoms with Crippen molar-refractivity contribution in [1.82, 2.24) is 20.0 Å². The van der Waals surface area contributed by atoms with Crippen LogP contribution in [0.1, 0.15) is 24.8 Å². The minimum absolute atomic E-state index is 0.0741. The predicted molar refractivity (Wildman–Crippen MR) is 128 cm³/mol. The number of rotatable bonds is 6. The molecule has 4 rings (SSSR count). The van der Waals surface area contributed by atoms with Crippen molar-refractivity contribution in [2.75, 3.05) is 39.3 Å². The Morgan fingerprint density at radius 1 is 1.11 bits per heavy atom. The first kappa shape index (κ1) is 25.3. The minimum Gasteiger partial charge on any atom is -0.480 e. The second-order valence-electron chi connectivity index (χ2n) is 9.31. The molecule has 0 saturated carbocycles. The van der Waals surface area contributed by atoms with Crippen LogP contribution in [0.25, 0.3) is 6.08 Å². The molecule has 3 fully saturated rings. The number of nitrogens with one attached hydrogen (secondary N) is 1. The summed E-state index contributed by atoms with van der Waals surface area (Å²) >= 11 is 0. The van der Waals surface area contributed by atoms with Crippen molar-refractivity contribution >= 4 is 35.6 Å². The highest BCUT2D eigenvalue weighted by Gasteiger charge is 2.56. The second-order valence-corrected chi connectivity index (χ2v) is 9.31. The summed E-state index contributed by atoms with van der Waals surface area (Å²) in [5.74, 6) is -2.34. The fraction of sp³-hybridized carbons (Fsp3) is 0.500. The number of amides is 4. The van der Waals surface area contributed by atoms with E-state index >= 15 is 0 Å². The van der Waals surface area contributed by atoms with E-state index in [4.69, 9.17) is 0 Å². The van der Waals surface area contributed by atoms with E-state index in [0.717, 1.165) is 30.8 Å². The topological polar surface area (TPSA) is 153 Å². The number of likely N-dealkylation sites (tertiary alicyclic amines) is 1. The lowest BCUT2D eigenvalue weighted by molar-refractivity contribution is -0.384. The summed E-state index contributed by atoms with van der Waals surface area (Å²) in [6.45, 7) is 2.48. The van der Waals surface area contributed by atoms with Gasteiger partial charge in [0.1, 0.15) is 0 Å². The number of nitro benzene ring substituents is 1. The van der Waals surface area contributed by atoms with E-state index in [1.54, 1.807) is 6.07 Å². The number of aliphatic carboxylic acids is 1. The Bertz CT molecular complexity index is 1080. The lowest BCUT2D eigenvalue weighted by atomic mass is 9.78. The number of nitrogens with zero attached hydrogens (tertiary/aromatic N) is 4. The molecule has 4 amide bonds. The smallest absolute Gasteiger partial charge is 0.327 e. The molecular weight excluding hydrogens is 470 g/mol. The van der Waals surface area contributed by atoms with Crippen molar-refractivity contribution in [2.24, 2.45) is 11.8 Å². The van der Waals surface area contributed by atoms with Gasteiger partial charge in [-0.3, -0.25) is 19.7 Å². The van der Waals surface area contributed by atoms with Gasteiger partial charge in [0.15, 0.2) is 6.04 Å². The number of hydrogen-bond acceptors (Lipinski definition) is 7. The van der Waals surface area contributed by atoms with Crippen molar-refractivity contribution in [1.29, 1.82) is 0 Å². The Balaban J connectivity index is 1.31. The molecule has 0 bridgehead atoms. The van der Waals surface area contributed by atoms with E-state index in [0.29, 0.717) is 12.0 Å². The van der Waals surface area contributed by atoms with Crippen LogP contribution in [0.5, 0.6) is 0 Å². The average molecular weight is 500 g/mol. The molecule has 1 aromatic rings. The summed E-state index contributed by atoms with van der Waals surface area (Å²) in [4.78, 5) is 64.4. The number of urea groups is 1. The maximum Gasteiger partial charge on any atom is 0.327 e. The third kappa shape index (κ3) is 5.38. The van der Waals surface area contributed by atoms with Gasteiger partial charge in [-0.1, -0.05) is 12.1 Å². The van der Waals surface area contributed by atoms with Gasteiger partial charge in [-0.2, -0.15) is 0 Å². The Hall–Kier alpha value is -3.80. The van der Waals surface area contributed by atoms with Gasteiger partial charge in [0.2, 0.25) is 11.8 Å². The molecule has 192 valence electrons. The van der Waals surface area contributed by atoms with Crippen molar-refractivity contribution in [3.05, 3.63) is 46.0 Å². The van der Waals surface area contributed by atoms with Gasteiger partial charge in [-0.25, -0.2) is 14.5 Å². The number of carboxylic acids is 1. The standard InChI is InChI=1S/C24H29N5O7/c30-20(5-4-16-2-1-3-18(14-16)29(35)36)26-10-12-27(13-11-26)24(34)28-21(23(32)33)19(22(28)31)15-17-6-8-25-9-7-17/h1-5,14,17,19,21,25H,6-13,15H2,(H,32,33)/t19-,21+/m1/s1. The highest BCUT2D eigenvalue weighted by molar-refractivity contribution is 6.07. The molecule has 0 radical (unpaired) electrons. The Labute approximate surface area is 207 Å². The van der Waals surface area contributed by atoms with Gasteiger partial charge in [0.25, 0.3) is 5.69 Å². The molecule has 3 heterocycles.